The molecule has 0 atom stereocenters. The van der Waals surface area contributed by atoms with Crippen molar-refractivity contribution in [2.75, 3.05) is 25.6 Å². The van der Waals surface area contributed by atoms with E-state index in [2.05, 4.69) is 10.0 Å². The molecule has 19 heavy (non-hydrogen) atoms. The molecule has 0 spiro atoms. The maximum Gasteiger partial charge on any atom is 0.242 e. The van der Waals surface area contributed by atoms with E-state index in [1.54, 1.807) is 38.3 Å². The lowest BCUT2D eigenvalue weighted by atomic mass is 10.1. The molecule has 2 N–H and O–H groups in total. The molecule has 0 heterocycles. The van der Waals surface area contributed by atoms with Crippen molar-refractivity contribution >= 4 is 15.7 Å². The van der Waals surface area contributed by atoms with Gasteiger partial charge in [0.15, 0.2) is 0 Å². The number of benzene rings is 1. The van der Waals surface area contributed by atoms with Crippen LogP contribution in [-0.2, 0) is 14.8 Å². The molecule has 1 rings (SSSR count). The molecule has 0 unspecified atom stereocenters. The second-order valence-electron chi connectivity index (χ2n) is 4.94. The molecule has 0 aliphatic carbocycles. The monoisotopic (exact) mass is 286 g/mol. The Bertz CT molecular complexity index is 512. The number of sulfonamides is 1. The smallest absolute Gasteiger partial charge is 0.242 e. The molecule has 108 valence electrons. The van der Waals surface area contributed by atoms with E-state index in [9.17, 15) is 8.42 Å². The first-order valence-electron chi connectivity index (χ1n) is 6.18. The number of para-hydroxylation sites is 1. The lowest BCUT2D eigenvalue weighted by Crippen LogP contribution is -2.37. The van der Waals surface area contributed by atoms with E-state index in [-0.39, 0.29) is 10.4 Å². The van der Waals surface area contributed by atoms with Gasteiger partial charge < -0.3 is 10.1 Å². The predicted molar refractivity (Wildman–Crippen MR) is 76.9 cm³/mol. The Balaban J connectivity index is 3.10. The summed E-state index contributed by atoms with van der Waals surface area (Å²) in [6.45, 7) is 6.49. The number of ether oxygens (including phenoxy) is 1. The first-order valence-corrected chi connectivity index (χ1v) is 7.66. The quantitative estimate of drug-likeness (QED) is 0.802. The zero-order valence-corrected chi connectivity index (χ0v) is 12.7. The van der Waals surface area contributed by atoms with Crippen molar-refractivity contribution < 1.29 is 13.2 Å². The van der Waals surface area contributed by atoms with Crippen LogP contribution < -0.4 is 10.0 Å². The zero-order valence-electron chi connectivity index (χ0n) is 11.9. The van der Waals surface area contributed by atoms with Crippen LogP contribution in [0.5, 0.6) is 0 Å². The minimum absolute atomic E-state index is 0.251. The minimum atomic E-state index is -3.48. The fraction of sp³-hybridized carbons (Fsp3) is 0.538. The number of anilines is 1. The van der Waals surface area contributed by atoms with E-state index in [4.69, 9.17) is 4.74 Å². The molecular weight excluding hydrogens is 264 g/mol. The Labute approximate surface area is 115 Å². The van der Waals surface area contributed by atoms with Crippen molar-refractivity contribution in [1.82, 2.24) is 4.72 Å². The highest BCUT2D eigenvalue weighted by Gasteiger charge is 2.22. The Kier molecular flexibility index (Phi) is 5.34. The van der Waals surface area contributed by atoms with Crippen molar-refractivity contribution in [3.63, 3.8) is 0 Å². The van der Waals surface area contributed by atoms with Crippen LogP contribution in [0, 0.1) is 0 Å². The summed E-state index contributed by atoms with van der Waals surface area (Å²) in [5.41, 5.74) is 0.220. The van der Waals surface area contributed by atoms with Crippen molar-refractivity contribution in [3.05, 3.63) is 24.3 Å². The Morgan fingerprint density at radius 1 is 1.26 bits per heavy atom. The van der Waals surface area contributed by atoms with Crippen LogP contribution in [0.3, 0.4) is 0 Å². The molecule has 0 amide bonds. The largest absolute Gasteiger partial charge is 0.382 e. The molecule has 1 aromatic rings. The van der Waals surface area contributed by atoms with Gasteiger partial charge in [0, 0.05) is 13.7 Å². The molecule has 6 heteroatoms. The van der Waals surface area contributed by atoms with E-state index in [1.807, 2.05) is 13.8 Å². The topological polar surface area (TPSA) is 67.4 Å². The highest BCUT2D eigenvalue weighted by atomic mass is 32.2. The predicted octanol–water partition coefficient (Wildman–Crippen LogP) is 1.82. The maximum absolute atomic E-state index is 12.1. The summed E-state index contributed by atoms with van der Waals surface area (Å²) in [7, 11) is -1.87. The molecule has 1 aromatic carbocycles. The van der Waals surface area contributed by atoms with Gasteiger partial charge in [-0.15, -0.1) is 0 Å². The van der Waals surface area contributed by atoms with Crippen LogP contribution in [0.15, 0.2) is 29.2 Å². The number of nitrogens with one attached hydrogen (secondary N) is 2. The molecule has 0 bridgehead atoms. The van der Waals surface area contributed by atoms with Gasteiger partial charge in [-0.1, -0.05) is 19.1 Å². The molecule has 0 aromatic heterocycles. The molecule has 0 saturated carbocycles. The van der Waals surface area contributed by atoms with Crippen LogP contribution in [0.1, 0.15) is 20.8 Å². The van der Waals surface area contributed by atoms with Crippen LogP contribution in [0.2, 0.25) is 0 Å². The third-order valence-electron chi connectivity index (χ3n) is 2.49. The van der Waals surface area contributed by atoms with Gasteiger partial charge in [-0.05, 0) is 26.0 Å². The summed E-state index contributed by atoms with van der Waals surface area (Å²) in [6, 6.07) is 6.85. The highest BCUT2D eigenvalue weighted by molar-refractivity contribution is 7.89. The van der Waals surface area contributed by atoms with Gasteiger partial charge in [-0.3, -0.25) is 0 Å². The molecular formula is C13H22N2O3S. The van der Waals surface area contributed by atoms with E-state index in [1.165, 1.54) is 0 Å². The van der Waals surface area contributed by atoms with Crippen molar-refractivity contribution in [2.24, 2.45) is 0 Å². The second kappa shape index (κ2) is 6.36. The van der Waals surface area contributed by atoms with Crippen LogP contribution in [0.4, 0.5) is 5.69 Å². The van der Waals surface area contributed by atoms with Crippen molar-refractivity contribution in [2.45, 2.75) is 31.2 Å². The summed E-state index contributed by atoms with van der Waals surface area (Å²) < 4.78 is 31.9. The van der Waals surface area contributed by atoms with E-state index in [0.717, 1.165) is 0 Å². The van der Waals surface area contributed by atoms with Crippen LogP contribution in [-0.4, -0.2) is 34.2 Å². The molecule has 0 radical (unpaired) electrons. The average Bonchev–Trinajstić information content (AvgIpc) is 2.28. The highest BCUT2D eigenvalue weighted by Crippen LogP contribution is 2.24. The first-order chi connectivity index (χ1) is 8.82. The number of rotatable bonds is 7. The first kappa shape index (κ1) is 15.9. The van der Waals surface area contributed by atoms with Gasteiger partial charge in [0.05, 0.1) is 17.8 Å². The van der Waals surface area contributed by atoms with E-state index >= 15 is 0 Å². The minimum Gasteiger partial charge on any atom is -0.382 e. The molecule has 5 nitrogen and oxygen atoms in total. The molecule has 0 aliphatic rings. The molecule has 0 saturated heterocycles. The van der Waals surface area contributed by atoms with Gasteiger partial charge in [0.1, 0.15) is 4.90 Å². The number of hydrogen-bond acceptors (Lipinski definition) is 4. The summed E-state index contributed by atoms with van der Waals surface area (Å²) >= 11 is 0. The maximum atomic E-state index is 12.1. The number of methoxy groups -OCH3 is 1. The Hall–Kier alpha value is -1.11. The summed E-state index contributed by atoms with van der Waals surface area (Å²) in [5.74, 6) is 0. The van der Waals surface area contributed by atoms with E-state index < -0.39 is 10.0 Å². The second-order valence-corrected chi connectivity index (χ2v) is 6.67. The lowest BCUT2D eigenvalue weighted by Gasteiger charge is -2.27. The van der Waals surface area contributed by atoms with Crippen LogP contribution in [0.25, 0.3) is 0 Å². The summed E-state index contributed by atoms with van der Waals surface area (Å²) in [6.07, 6.45) is 0. The third kappa shape index (κ3) is 4.49. The fourth-order valence-electron chi connectivity index (χ4n) is 1.83. The van der Waals surface area contributed by atoms with Gasteiger partial charge in [-0.2, -0.15) is 0 Å². The third-order valence-corrected chi connectivity index (χ3v) is 4.09. The van der Waals surface area contributed by atoms with Gasteiger partial charge >= 0.3 is 0 Å². The van der Waals surface area contributed by atoms with E-state index in [0.29, 0.717) is 18.8 Å². The Morgan fingerprint density at radius 2 is 1.89 bits per heavy atom. The standard InChI is InChI=1S/C13H22N2O3S/c1-5-14-19(16,17)12-9-7-6-8-11(12)15-13(2,3)10-18-4/h6-9,14-15H,5,10H2,1-4H3. The number of hydrogen-bond donors (Lipinski definition) is 2. The lowest BCUT2D eigenvalue weighted by molar-refractivity contribution is 0.158. The van der Waals surface area contributed by atoms with Crippen molar-refractivity contribution in [1.29, 1.82) is 0 Å². The SMILES string of the molecule is CCNS(=O)(=O)c1ccccc1NC(C)(C)COC. The summed E-state index contributed by atoms with van der Waals surface area (Å²) in [4.78, 5) is 0.251. The average molecular weight is 286 g/mol. The Morgan fingerprint density at radius 3 is 2.47 bits per heavy atom. The van der Waals surface area contributed by atoms with Gasteiger partial charge in [0.25, 0.3) is 0 Å². The normalized spacial score (nSPS) is 12.4. The van der Waals surface area contributed by atoms with Gasteiger partial charge in [0.2, 0.25) is 10.0 Å². The summed E-state index contributed by atoms with van der Waals surface area (Å²) in [5, 5.41) is 3.21. The van der Waals surface area contributed by atoms with Gasteiger partial charge in [-0.25, -0.2) is 13.1 Å². The van der Waals surface area contributed by atoms with Crippen molar-refractivity contribution in [3.8, 4) is 0 Å². The molecule has 0 fully saturated rings. The fourth-order valence-corrected chi connectivity index (χ4v) is 3.04. The molecule has 0 aliphatic heterocycles. The van der Waals surface area contributed by atoms with Crippen LogP contribution >= 0.6 is 0 Å². The zero-order chi connectivity index (χ0) is 14.5.